The van der Waals surface area contributed by atoms with Crippen LogP contribution in [0.5, 0.6) is 0 Å². The van der Waals surface area contributed by atoms with Gasteiger partial charge < -0.3 is 5.32 Å². The Labute approximate surface area is 141 Å². The maximum Gasteiger partial charge on any atom is 0.228 e. The molecular weight excluding hydrogens is 298 g/mol. The highest BCUT2D eigenvalue weighted by atomic mass is 16.2. The second-order valence-electron chi connectivity index (χ2n) is 6.29. The molecule has 120 valence electrons. The molecule has 4 rings (SSSR count). The Kier molecular flexibility index (Phi) is 3.65. The average Bonchev–Trinajstić information content (AvgIpc) is 3.38. The number of nitrogens with zero attached hydrogens (tertiary/aromatic N) is 2. The van der Waals surface area contributed by atoms with Crippen molar-refractivity contribution < 1.29 is 4.79 Å². The van der Waals surface area contributed by atoms with Crippen LogP contribution in [0.1, 0.15) is 18.4 Å². The van der Waals surface area contributed by atoms with E-state index in [9.17, 15) is 4.79 Å². The highest BCUT2D eigenvalue weighted by molar-refractivity contribution is 5.94. The number of rotatable bonds is 4. The van der Waals surface area contributed by atoms with Crippen LogP contribution in [0, 0.1) is 12.8 Å². The molecule has 0 unspecified atom stereocenters. The lowest BCUT2D eigenvalue weighted by atomic mass is 10.1. The van der Waals surface area contributed by atoms with Crippen LogP contribution in [0.4, 0.5) is 5.82 Å². The standard InChI is InChI=1S/C20H19N3O/c1-14-7-11-17(12-8-14)23-19(21-20(24)16-9-10-16)13-18(22-23)15-5-3-2-4-6-15/h2-8,11-13,16H,9-10H2,1H3,(H,21,24). The van der Waals surface area contributed by atoms with Gasteiger partial charge >= 0.3 is 0 Å². The van der Waals surface area contributed by atoms with E-state index in [4.69, 9.17) is 5.10 Å². The summed E-state index contributed by atoms with van der Waals surface area (Å²) in [5.41, 5.74) is 4.01. The van der Waals surface area contributed by atoms with E-state index in [-0.39, 0.29) is 11.8 Å². The van der Waals surface area contributed by atoms with Gasteiger partial charge in [0.2, 0.25) is 5.91 Å². The summed E-state index contributed by atoms with van der Waals surface area (Å²) in [6, 6.07) is 20.1. The third-order valence-corrected chi connectivity index (χ3v) is 4.26. The number of hydrogen-bond donors (Lipinski definition) is 1. The van der Waals surface area contributed by atoms with Crippen LogP contribution in [-0.4, -0.2) is 15.7 Å². The SMILES string of the molecule is Cc1ccc(-n2nc(-c3ccccc3)cc2NC(=O)C2CC2)cc1. The molecule has 1 amide bonds. The molecule has 0 radical (unpaired) electrons. The van der Waals surface area contributed by atoms with Crippen LogP contribution < -0.4 is 5.32 Å². The van der Waals surface area contributed by atoms with Gasteiger partial charge in [0.05, 0.1) is 11.4 Å². The first-order valence-corrected chi connectivity index (χ1v) is 8.24. The molecule has 0 saturated heterocycles. The van der Waals surface area contributed by atoms with Gasteiger partial charge in [-0.15, -0.1) is 0 Å². The molecule has 1 aliphatic rings. The zero-order chi connectivity index (χ0) is 16.5. The minimum absolute atomic E-state index is 0.0860. The molecule has 1 aromatic heterocycles. The zero-order valence-corrected chi connectivity index (χ0v) is 13.6. The fourth-order valence-electron chi connectivity index (χ4n) is 2.68. The zero-order valence-electron chi connectivity index (χ0n) is 13.6. The minimum atomic E-state index is 0.0860. The summed E-state index contributed by atoms with van der Waals surface area (Å²) in [5.74, 6) is 0.962. The van der Waals surface area contributed by atoms with Crippen molar-refractivity contribution in [2.24, 2.45) is 5.92 Å². The molecule has 1 saturated carbocycles. The third kappa shape index (κ3) is 2.95. The van der Waals surface area contributed by atoms with Gasteiger partial charge in [0, 0.05) is 17.5 Å². The van der Waals surface area contributed by atoms with E-state index in [1.807, 2.05) is 65.3 Å². The largest absolute Gasteiger partial charge is 0.310 e. The van der Waals surface area contributed by atoms with E-state index in [1.165, 1.54) is 5.56 Å². The second-order valence-corrected chi connectivity index (χ2v) is 6.29. The Morgan fingerprint density at radius 3 is 2.46 bits per heavy atom. The van der Waals surface area contributed by atoms with Gasteiger partial charge in [0.25, 0.3) is 0 Å². The Hall–Kier alpha value is -2.88. The monoisotopic (exact) mass is 317 g/mol. The smallest absolute Gasteiger partial charge is 0.228 e. The average molecular weight is 317 g/mol. The topological polar surface area (TPSA) is 46.9 Å². The van der Waals surface area contributed by atoms with Crippen molar-refractivity contribution in [1.82, 2.24) is 9.78 Å². The van der Waals surface area contributed by atoms with Crippen molar-refractivity contribution in [3.8, 4) is 16.9 Å². The fourth-order valence-corrected chi connectivity index (χ4v) is 2.68. The Morgan fingerprint density at radius 2 is 1.79 bits per heavy atom. The normalized spacial score (nSPS) is 13.7. The number of aromatic nitrogens is 2. The molecule has 0 bridgehead atoms. The number of nitrogens with one attached hydrogen (secondary N) is 1. The van der Waals surface area contributed by atoms with Crippen molar-refractivity contribution in [2.45, 2.75) is 19.8 Å². The Morgan fingerprint density at radius 1 is 1.08 bits per heavy atom. The molecular formula is C20H19N3O. The quantitative estimate of drug-likeness (QED) is 0.784. The van der Waals surface area contributed by atoms with Crippen LogP contribution in [0.2, 0.25) is 0 Å². The number of carbonyl (C=O) groups is 1. The predicted octanol–water partition coefficient (Wildman–Crippen LogP) is 4.20. The minimum Gasteiger partial charge on any atom is -0.310 e. The predicted molar refractivity (Wildman–Crippen MR) is 95.1 cm³/mol. The molecule has 0 atom stereocenters. The number of amides is 1. The number of hydrogen-bond acceptors (Lipinski definition) is 2. The van der Waals surface area contributed by atoms with Gasteiger partial charge in [-0.2, -0.15) is 5.10 Å². The van der Waals surface area contributed by atoms with Crippen LogP contribution in [0.15, 0.2) is 60.7 Å². The van der Waals surface area contributed by atoms with Crippen LogP contribution in [0.3, 0.4) is 0 Å². The number of carbonyl (C=O) groups excluding carboxylic acids is 1. The summed E-state index contributed by atoms with van der Waals surface area (Å²) in [5, 5.41) is 7.75. The molecule has 1 fully saturated rings. The van der Waals surface area contributed by atoms with Crippen molar-refractivity contribution in [3.05, 3.63) is 66.2 Å². The molecule has 0 spiro atoms. The van der Waals surface area contributed by atoms with Gasteiger partial charge in [0.15, 0.2) is 0 Å². The van der Waals surface area contributed by atoms with Gasteiger partial charge in [-0.3, -0.25) is 4.79 Å². The molecule has 4 nitrogen and oxygen atoms in total. The summed E-state index contributed by atoms with van der Waals surface area (Å²) in [7, 11) is 0. The van der Waals surface area contributed by atoms with Crippen molar-refractivity contribution in [2.75, 3.05) is 5.32 Å². The van der Waals surface area contributed by atoms with E-state index in [1.54, 1.807) is 0 Å². The molecule has 1 aliphatic carbocycles. The van der Waals surface area contributed by atoms with Crippen LogP contribution >= 0.6 is 0 Å². The van der Waals surface area contributed by atoms with Gasteiger partial charge in [-0.25, -0.2) is 4.68 Å². The highest BCUT2D eigenvalue weighted by Gasteiger charge is 2.30. The lowest BCUT2D eigenvalue weighted by Gasteiger charge is -2.08. The lowest BCUT2D eigenvalue weighted by molar-refractivity contribution is -0.117. The lowest BCUT2D eigenvalue weighted by Crippen LogP contribution is -2.16. The second kappa shape index (κ2) is 5.96. The number of aryl methyl sites for hydroxylation is 1. The van der Waals surface area contributed by atoms with Crippen molar-refractivity contribution in [1.29, 1.82) is 0 Å². The maximum absolute atomic E-state index is 12.2. The van der Waals surface area contributed by atoms with Crippen LogP contribution in [-0.2, 0) is 4.79 Å². The Bertz CT molecular complexity index is 862. The van der Waals surface area contributed by atoms with E-state index in [0.29, 0.717) is 0 Å². The van der Waals surface area contributed by atoms with Crippen molar-refractivity contribution >= 4 is 11.7 Å². The maximum atomic E-state index is 12.2. The fraction of sp³-hybridized carbons (Fsp3) is 0.200. The molecule has 1 N–H and O–H groups in total. The van der Waals surface area contributed by atoms with Gasteiger partial charge in [-0.05, 0) is 31.9 Å². The van der Waals surface area contributed by atoms with Crippen LogP contribution in [0.25, 0.3) is 16.9 Å². The molecule has 1 heterocycles. The third-order valence-electron chi connectivity index (χ3n) is 4.26. The molecule has 2 aromatic carbocycles. The molecule has 3 aromatic rings. The van der Waals surface area contributed by atoms with E-state index < -0.39 is 0 Å². The summed E-state index contributed by atoms with van der Waals surface area (Å²) in [6.07, 6.45) is 1.96. The highest BCUT2D eigenvalue weighted by Crippen LogP contribution is 2.31. The van der Waals surface area contributed by atoms with Gasteiger partial charge in [0.1, 0.15) is 5.82 Å². The summed E-state index contributed by atoms with van der Waals surface area (Å²) < 4.78 is 1.81. The van der Waals surface area contributed by atoms with Crippen molar-refractivity contribution in [3.63, 3.8) is 0 Å². The Balaban J connectivity index is 1.75. The summed E-state index contributed by atoms with van der Waals surface area (Å²) in [6.45, 7) is 2.05. The first-order chi connectivity index (χ1) is 11.7. The number of benzene rings is 2. The van der Waals surface area contributed by atoms with Gasteiger partial charge in [-0.1, -0.05) is 48.0 Å². The summed E-state index contributed by atoms with van der Waals surface area (Å²) in [4.78, 5) is 12.2. The first kappa shape index (κ1) is 14.7. The van der Waals surface area contributed by atoms with E-state index in [2.05, 4.69) is 12.2 Å². The van der Waals surface area contributed by atoms with E-state index >= 15 is 0 Å². The number of anilines is 1. The first-order valence-electron chi connectivity index (χ1n) is 8.24. The molecule has 4 heteroatoms. The molecule has 24 heavy (non-hydrogen) atoms. The van der Waals surface area contributed by atoms with E-state index in [0.717, 1.165) is 35.6 Å². The summed E-state index contributed by atoms with van der Waals surface area (Å²) >= 11 is 0. The molecule has 0 aliphatic heterocycles.